The minimum absolute atomic E-state index is 0.364. The molecule has 2 unspecified atom stereocenters. The lowest BCUT2D eigenvalue weighted by molar-refractivity contribution is -0.128. The highest BCUT2D eigenvalue weighted by Gasteiger charge is 2.30. The van der Waals surface area contributed by atoms with Crippen LogP contribution in [-0.4, -0.2) is 12.0 Å². The van der Waals surface area contributed by atoms with E-state index in [0.29, 0.717) is 10.8 Å². The Morgan fingerprint density at radius 3 is 2.54 bits per heavy atom. The van der Waals surface area contributed by atoms with E-state index in [1.807, 2.05) is 25.1 Å². The molecule has 0 bridgehead atoms. The van der Waals surface area contributed by atoms with E-state index in [0.717, 1.165) is 11.1 Å². The fourth-order valence-electron chi connectivity index (χ4n) is 2.27. The van der Waals surface area contributed by atoms with Crippen LogP contribution in [0.3, 0.4) is 0 Å². The van der Waals surface area contributed by atoms with E-state index < -0.39 is 11.6 Å². The van der Waals surface area contributed by atoms with E-state index in [1.54, 1.807) is 44.2 Å². The molecule has 2 aromatic carbocycles. The van der Waals surface area contributed by atoms with E-state index in [1.165, 1.54) is 0 Å². The molecule has 1 N–H and O–H groups in total. The highest BCUT2D eigenvalue weighted by atomic mass is 35.5. The third kappa shape index (κ3) is 4.06. The van der Waals surface area contributed by atoms with Gasteiger partial charge in [0.25, 0.3) is 5.91 Å². The summed E-state index contributed by atoms with van der Waals surface area (Å²) in [4.78, 5) is 12.5. The van der Waals surface area contributed by atoms with Gasteiger partial charge in [-0.15, -0.1) is 0 Å². The molecule has 0 spiro atoms. The van der Waals surface area contributed by atoms with Gasteiger partial charge < -0.3 is 10.1 Å². The van der Waals surface area contributed by atoms with Crippen molar-refractivity contribution < 1.29 is 9.53 Å². The monoisotopic (exact) mass is 342 g/mol. The Kier molecular flexibility index (Phi) is 5.48. The largest absolute Gasteiger partial charge is 0.481 e. The van der Waals surface area contributed by atoms with Gasteiger partial charge in [0.2, 0.25) is 0 Å². The van der Waals surface area contributed by atoms with Crippen LogP contribution < -0.4 is 10.1 Å². The number of benzene rings is 2. The summed E-state index contributed by atoms with van der Waals surface area (Å²) < 4.78 is 5.71. The molecule has 0 saturated heterocycles. The van der Waals surface area contributed by atoms with E-state index in [9.17, 15) is 10.1 Å². The first kappa shape index (κ1) is 17.8. The molecule has 124 valence electrons. The van der Waals surface area contributed by atoms with Crippen molar-refractivity contribution >= 4 is 17.5 Å². The summed E-state index contributed by atoms with van der Waals surface area (Å²) >= 11 is 5.92. The predicted octanol–water partition coefficient (Wildman–Crippen LogP) is 3.97. The maximum absolute atomic E-state index is 12.5. The number of ether oxygens (including phenoxy) is 1. The van der Waals surface area contributed by atoms with Crippen LogP contribution in [0.1, 0.15) is 25.0 Å². The van der Waals surface area contributed by atoms with Crippen LogP contribution in [-0.2, 0) is 10.3 Å². The SMILES string of the molecule is Cc1cc(Cl)ccc1OC(C)C(=O)NC(C)(C#N)c1ccccc1. The van der Waals surface area contributed by atoms with E-state index in [-0.39, 0.29) is 5.91 Å². The Hall–Kier alpha value is -2.51. The number of hydrogen-bond donors (Lipinski definition) is 1. The average molecular weight is 343 g/mol. The number of hydrogen-bond acceptors (Lipinski definition) is 3. The lowest BCUT2D eigenvalue weighted by Gasteiger charge is -2.26. The molecule has 0 aliphatic carbocycles. The first-order valence-electron chi connectivity index (χ1n) is 7.57. The summed E-state index contributed by atoms with van der Waals surface area (Å²) in [5, 5.41) is 12.9. The molecule has 0 saturated carbocycles. The minimum atomic E-state index is -1.12. The van der Waals surface area contributed by atoms with Crippen LogP contribution in [0, 0.1) is 18.3 Å². The quantitative estimate of drug-likeness (QED) is 0.894. The maximum atomic E-state index is 12.5. The molecule has 2 aromatic rings. The van der Waals surface area contributed by atoms with E-state index >= 15 is 0 Å². The molecule has 0 aliphatic heterocycles. The number of nitriles is 1. The van der Waals surface area contributed by atoms with Gasteiger partial charge in [-0.3, -0.25) is 4.79 Å². The van der Waals surface area contributed by atoms with Crippen LogP contribution in [0.4, 0.5) is 0 Å². The molecule has 0 fully saturated rings. The summed E-state index contributed by atoms with van der Waals surface area (Å²) in [6.45, 7) is 5.17. The second-order valence-electron chi connectivity index (χ2n) is 5.76. The third-order valence-corrected chi connectivity index (χ3v) is 3.99. The fraction of sp³-hybridized carbons (Fsp3) is 0.263. The van der Waals surface area contributed by atoms with Gasteiger partial charge in [0.15, 0.2) is 6.10 Å². The van der Waals surface area contributed by atoms with Crippen LogP contribution in [0.5, 0.6) is 5.75 Å². The molecule has 0 aromatic heterocycles. The molecule has 1 amide bonds. The summed E-state index contributed by atoms with van der Waals surface area (Å²) in [7, 11) is 0. The number of nitrogens with zero attached hydrogens (tertiary/aromatic N) is 1. The molecule has 24 heavy (non-hydrogen) atoms. The van der Waals surface area contributed by atoms with Gasteiger partial charge in [-0.2, -0.15) is 5.26 Å². The maximum Gasteiger partial charge on any atom is 0.262 e. The summed E-state index contributed by atoms with van der Waals surface area (Å²) in [5.74, 6) is 0.220. The summed E-state index contributed by atoms with van der Waals surface area (Å²) in [5.41, 5.74) is 0.439. The Morgan fingerprint density at radius 1 is 1.29 bits per heavy atom. The summed E-state index contributed by atoms with van der Waals surface area (Å²) in [6.07, 6.45) is -0.749. The third-order valence-electron chi connectivity index (χ3n) is 3.76. The highest BCUT2D eigenvalue weighted by Crippen LogP contribution is 2.24. The van der Waals surface area contributed by atoms with Gasteiger partial charge in [0.1, 0.15) is 11.3 Å². The zero-order valence-corrected chi connectivity index (χ0v) is 14.6. The number of halogens is 1. The van der Waals surface area contributed by atoms with Crippen LogP contribution in [0.2, 0.25) is 5.02 Å². The Balaban J connectivity index is 2.12. The van der Waals surface area contributed by atoms with Gasteiger partial charge in [0, 0.05) is 5.02 Å². The minimum Gasteiger partial charge on any atom is -0.481 e. The van der Waals surface area contributed by atoms with Gasteiger partial charge in [-0.25, -0.2) is 0 Å². The standard InChI is InChI=1S/C19H19ClN2O2/c1-13-11-16(20)9-10-17(13)24-14(2)18(23)22-19(3,12-21)15-7-5-4-6-8-15/h4-11,14H,1-3H3,(H,22,23). The number of amides is 1. The number of rotatable bonds is 5. The Morgan fingerprint density at radius 2 is 1.96 bits per heavy atom. The molecule has 2 rings (SSSR count). The molecule has 2 atom stereocenters. The Labute approximate surface area is 147 Å². The zero-order valence-electron chi connectivity index (χ0n) is 13.8. The lowest BCUT2D eigenvalue weighted by Crippen LogP contribution is -2.47. The van der Waals surface area contributed by atoms with E-state index in [2.05, 4.69) is 11.4 Å². The van der Waals surface area contributed by atoms with Crippen molar-refractivity contribution in [2.45, 2.75) is 32.4 Å². The van der Waals surface area contributed by atoms with Crippen LogP contribution >= 0.6 is 11.6 Å². The molecule has 0 aliphatic rings. The predicted molar refractivity (Wildman–Crippen MR) is 93.8 cm³/mol. The molecule has 5 heteroatoms. The molecular formula is C19H19ClN2O2. The topological polar surface area (TPSA) is 62.1 Å². The number of carbonyl (C=O) groups is 1. The van der Waals surface area contributed by atoms with Gasteiger partial charge in [-0.1, -0.05) is 41.9 Å². The van der Waals surface area contributed by atoms with Crippen molar-refractivity contribution in [3.05, 3.63) is 64.7 Å². The van der Waals surface area contributed by atoms with Crippen molar-refractivity contribution in [1.29, 1.82) is 5.26 Å². The van der Waals surface area contributed by atoms with Gasteiger partial charge in [0.05, 0.1) is 6.07 Å². The molecule has 0 radical (unpaired) electrons. The number of aryl methyl sites for hydroxylation is 1. The molecule has 4 nitrogen and oxygen atoms in total. The first-order valence-corrected chi connectivity index (χ1v) is 7.95. The van der Waals surface area contributed by atoms with Crippen molar-refractivity contribution in [1.82, 2.24) is 5.32 Å². The van der Waals surface area contributed by atoms with Crippen molar-refractivity contribution in [3.8, 4) is 11.8 Å². The fourth-order valence-corrected chi connectivity index (χ4v) is 2.50. The molecule has 0 heterocycles. The van der Waals surface area contributed by atoms with Gasteiger partial charge >= 0.3 is 0 Å². The smallest absolute Gasteiger partial charge is 0.262 e. The van der Waals surface area contributed by atoms with Crippen molar-refractivity contribution in [2.24, 2.45) is 0 Å². The Bertz CT molecular complexity index is 771. The lowest BCUT2D eigenvalue weighted by atomic mass is 9.93. The highest BCUT2D eigenvalue weighted by molar-refractivity contribution is 6.30. The van der Waals surface area contributed by atoms with Crippen molar-refractivity contribution in [2.75, 3.05) is 0 Å². The summed E-state index contributed by atoms with van der Waals surface area (Å²) in [6, 6.07) is 16.5. The number of carbonyl (C=O) groups excluding carboxylic acids is 1. The number of nitrogens with one attached hydrogen (secondary N) is 1. The van der Waals surface area contributed by atoms with Crippen LogP contribution in [0.15, 0.2) is 48.5 Å². The molecular weight excluding hydrogens is 324 g/mol. The van der Waals surface area contributed by atoms with E-state index in [4.69, 9.17) is 16.3 Å². The normalized spacial score (nSPS) is 14.1. The zero-order chi connectivity index (χ0) is 17.7. The average Bonchev–Trinajstić information content (AvgIpc) is 2.58. The van der Waals surface area contributed by atoms with Crippen molar-refractivity contribution in [3.63, 3.8) is 0 Å². The van der Waals surface area contributed by atoms with Gasteiger partial charge in [-0.05, 0) is 50.1 Å². The second-order valence-corrected chi connectivity index (χ2v) is 6.20. The van der Waals surface area contributed by atoms with Crippen LogP contribution in [0.25, 0.3) is 0 Å². The second kappa shape index (κ2) is 7.37. The first-order chi connectivity index (χ1) is 11.4.